The summed E-state index contributed by atoms with van der Waals surface area (Å²) in [4.78, 5) is 0. The van der Waals surface area contributed by atoms with Gasteiger partial charge in [-0.3, -0.25) is 0 Å². The van der Waals surface area contributed by atoms with Crippen molar-refractivity contribution in [3.05, 3.63) is 36.7 Å². The van der Waals surface area contributed by atoms with Crippen molar-refractivity contribution < 1.29 is 4.74 Å². The Morgan fingerprint density at radius 1 is 1.30 bits per heavy atom. The monoisotopic (exact) mass is 270 g/mol. The number of aromatic nitrogens is 6. The average molecular weight is 270 g/mol. The van der Waals surface area contributed by atoms with Crippen molar-refractivity contribution >= 4 is 0 Å². The van der Waals surface area contributed by atoms with Crippen LogP contribution in [0.3, 0.4) is 0 Å². The molecule has 1 aromatic carbocycles. The fraction of sp³-hybridized carbons (Fsp3) is 0.231. The molecule has 0 aliphatic rings. The van der Waals surface area contributed by atoms with Gasteiger partial charge in [0.05, 0.1) is 12.8 Å². The van der Waals surface area contributed by atoms with Gasteiger partial charge in [0, 0.05) is 11.8 Å². The maximum atomic E-state index is 5.63. The number of H-pyrrole nitrogens is 1. The Kier molecular flexibility index (Phi) is 3.40. The first-order chi connectivity index (χ1) is 9.86. The fourth-order valence-corrected chi connectivity index (χ4v) is 1.82. The van der Waals surface area contributed by atoms with Crippen LogP contribution in [0, 0.1) is 0 Å². The number of aromatic amines is 1. The molecule has 0 fully saturated rings. The van der Waals surface area contributed by atoms with E-state index in [1.54, 1.807) is 10.9 Å². The summed E-state index contributed by atoms with van der Waals surface area (Å²) < 4.78 is 7.20. The van der Waals surface area contributed by atoms with E-state index in [-0.39, 0.29) is 0 Å². The maximum Gasteiger partial charge on any atom is 0.290 e. The molecule has 0 unspecified atom stereocenters. The lowest BCUT2D eigenvalue weighted by molar-refractivity contribution is 0.317. The van der Waals surface area contributed by atoms with Crippen LogP contribution in [-0.2, 0) is 0 Å². The summed E-state index contributed by atoms with van der Waals surface area (Å²) in [7, 11) is 0. The van der Waals surface area contributed by atoms with E-state index in [1.165, 1.54) is 0 Å². The molecule has 102 valence electrons. The van der Waals surface area contributed by atoms with Gasteiger partial charge in [-0.1, -0.05) is 24.2 Å². The second-order valence-electron chi connectivity index (χ2n) is 4.26. The summed E-state index contributed by atoms with van der Waals surface area (Å²) in [5.41, 5.74) is 2.00. The van der Waals surface area contributed by atoms with E-state index in [9.17, 15) is 0 Å². The van der Waals surface area contributed by atoms with Gasteiger partial charge in [-0.05, 0) is 29.3 Å². The Morgan fingerprint density at radius 3 is 3.05 bits per heavy atom. The van der Waals surface area contributed by atoms with Crippen LogP contribution in [0.4, 0.5) is 0 Å². The Morgan fingerprint density at radius 2 is 2.25 bits per heavy atom. The molecule has 0 atom stereocenters. The molecule has 0 saturated carbocycles. The topological polar surface area (TPSA) is 81.5 Å². The minimum absolute atomic E-state index is 0.412. The highest BCUT2D eigenvalue weighted by Crippen LogP contribution is 2.23. The van der Waals surface area contributed by atoms with Gasteiger partial charge < -0.3 is 4.74 Å². The summed E-state index contributed by atoms with van der Waals surface area (Å²) in [6, 6.07) is 7.92. The molecule has 0 saturated heterocycles. The van der Waals surface area contributed by atoms with E-state index < -0.39 is 0 Å². The Bertz CT molecular complexity index is 676. The molecule has 3 rings (SSSR count). The zero-order valence-corrected chi connectivity index (χ0v) is 11.0. The van der Waals surface area contributed by atoms with Crippen LogP contribution in [0.25, 0.3) is 17.1 Å². The standard InChI is InChI=1S/C13H14N6O/c1-2-6-20-12-5-3-4-10(7-12)11-8-14-19(9-11)13-15-17-18-16-13/h3-5,7-9H,2,6H2,1H3,(H,15,16,17,18). The highest BCUT2D eigenvalue weighted by molar-refractivity contribution is 5.63. The van der Waals surface area contributed by atoms with E-state index in [1.807, 2.05) is 30.5 Å². The average Bonchev–Trinajstić information content (AvgIpc) is 3.15. The van der Waals surface area contributed by atoms with Crippen LogP contribution >= 0.6 is 0 Å². The summed E-state index contributed by atoms with van der Waals surface area (Å²) in [5, 5.41) is 17.9. The van der Waals surface area contributed by atoms with Crippen LogP contribution in [-0.4, -0.2) is 37.0 Å². The second kappa shape index (κ2) is 5.52. The van der Waals surface area contributed by atoms with Crippen LogP contribution in [0.2, 0.25) is 0 Å². The zero-order valence-electron chi connectivity index (χ0n) is 11.0. The SMILES string of the molecule is CCCOc1cccc(-c2cnn(-c3nn[nH]n3)c2)c1. The molecular weight excluding hydrogens is 256 g/mol. The van der Waals surface area contributed by atoms with Crippen LogP contribution in [0.5, 0.6) is 5.75 Å². The molecule has 0 amide bonds. The third kappa shape index (κ3) is 2.51. The Balaban J connectivity index is 1.86. The van der Waals surface area contributed by atoms with Gasteiger partial charge in [0.2, 0.25) is 0 Å². The molecule has 20 heavy (non-hydrogen) atoms. The van der Waals surface area contributed by atoms with Gasteiger partial charge in [0.15, 0.2) is 0 Å². The van der Waals surface area contributed by atoms with Crippen LogP contribution in [0.1, 0.15) is 13.3 Å². The number of hydrogen-bond donors (Lipinski definition) is 1. The molecule has 1 N–H and O–H groups in total. The Labute approximate surface area is 115 Å². The van der Waals surface area contributed by atoms with Crippen molar-refractivity contribution in [1.29, 1.82) is 0 Å². The number of ether oxygens (including phenoxy) is 1. The van der Waals surface area contributed by atoms with Gasteiger partial charge >= 0.3 is 0 Å². The summed E-state index contributed by atoms with van der Waals surface area (Å²) in [6.07, 6.45) is 4.60. The number of rotatable bonds is 5. The molecule has 0 spiro atoms. The van der Waals surface area contributed by atoms with E-state index in [4.69, 9.17) is 4.74 Å². The predicted octanol–water partition coefficient (Wildman–Crippen LogP) is 1.84. The molecule has 7 heteroatoms. The minimum Gasteiger partial charge on any atom is -0.494 e. The number of nitrogens with one attached hydrogen (secondary N) is 1. The molecule has 0 aliphatic heterocycles. The molecule has 2 heterocycles. The van der Waals surface area contributed by atoms with Gasteiger partial charge in [0.25, 0.3) is 5.95 Å². The first-order valence-corrected chi connectivity index (χ1v) is 6.38. The molecular formula is C13H14N6O. The van der Waals surface area contributed by atoms with Crippen molar-refractivity contribution in [2.45, 2.75) is 13.3 Å². The summed E-state index contributed by atoms with van der Waals surface area (Å²) in [6.45, 7) is 2.80. The van der Waals surface area contributed by atoms with Crippen molar-refractivity contribution in [2.24, 2.45) is 0 Å². The quantitative estimate of drug-likeness (QED) is 0.765. The van der Waals surface area contributed by atoms with Crippen molar-refractivity contribution in [3.8, 4) is 22.8 Å². The smallest absolute Gasteiger partial charge is 0.290 e. The highest BCUT2D eigenvalue weighted by atomic mass is 16.5. The zero-order chi connectivity index (χ0) is 13.8. The number of nitrogens with zero attached hydrogens (tertiary/aromatic N) is 5. The lowest BCUT2D eigenvalue weighted by Gasteiger charge is -2.05. The number of hydrogen-bond acceptors (Lipinski definition) is 5. The first kappa shape index (κ1) is 12.3. The minimum atomic E-state index is 0.412. The van der Waals surface area contributed by atoms with Gasteiger partial charge in [-0.15, -0.1) is 5.10 Å². The largest absolute Gasteiger partial charge is 0.494 e. The first-order valence-electron chi connectivity index (χ1n) is 6.38. The molecule has 0 bridgehead atoms. The van der Waals surface area contributed by atoms with E-state index in [0.717, 1.165) is 23.3 Å². The van der Waals surface area contributed by atoms with E-state index in [2.05, 4.69) is 32.6 Å². The lowest BCUT2D eigenvalue weighted by Crippen LogP contribution is -1.96. The normalized spacial score (nSPS) is 10.7. The number of benzene rings is 1. The molecule has 2 aromatic heterocycles. The number of tetrazole rings is 1. The van der Waals surface area contributed by atoms with Crippen molar-refractivity contribution in [2.75, 3.05) is 6.61 Å². The summed E-state index contributed by atoms with van der Waals surface area (Å²) in [5.74, 6) is 1.27. The van der Waals surface area contributed by atoms with Crippen molar-refractivity contribution in [3.63, 3.8) is 0 Å². The lowest BCUT2D eigenvalue weighted by atomic mass is 10.1. The van der Waals surface area contributed by atoms with Gasteiger partial charge in [-0.25, -0.2) is 4.68 Å². The molecule has 0 radical (unpaired) electrons. The maximum absolute atomic E-state index is 5.63. The molecule has 0 aliphatic carbocycles. The molecule has 3 aromatic rings. The summed E-state index contributed by atoms with van der Waals surface area (Å²) >= 11 is 0. The van der Waals surface area contributed by atoms with Crippen LogP contribution < -0.4 is 4.74 Å². The van der Waals surface area contributed by atoms with Crippen LogP contribution in [0.15, 0.2) is 36.7 Å². The third-order valence-electron chi connectivity index (χ3n) is 2.76. The van der Waals surface area contributed by atoms with Gasteiger partial charge in [-0.2, -0.15) is 10.3 Å². The van der Waals surface area contributed by atoms with Crippen molar-refractivity contribution in [1.82, 2.24) is 30.4 Å². The van der Waals surface area contributed by atoms with Gasteiger partial charge in [0.1, 0.15) is 5.75 Å². The van der Waals surface area contributed by atoms with E-state index in [0.29, 0.717) is 12.6 Å². The highest BCUT2D eigenvalue weighted by Gasteiger charge is 2.07. The Hall–Kier alpha value is -2.70. The predicted molar refractivity (Wildman–Crippen MR) is 72.5 cm³/mol. The molecule has 7 nitrogen and oxygen atoms in total. The third-order valence-corrected chi connectivity index (χ3v) is 2.76. The fourth-order valence-electron chi connectivity index (χ4n) is 1.82. The van der Waals surface area contributed by atoms with E-state index >= 15 is 0 Å². The second-order valence-corrected chi connectivity index (χ2v) is 4.26.